The first kappa shape index (κ1) is 17.6. The number of hydrogen-bond donors (Lipinski definition) is 1. The van der Waals surface area contributed by atoms with Crippen LogP contribution in [0.2, 0.25) is 5.02 Å². The summed E-state index contributed by atoms with van der Waals surface area (Å²) in [5.41, 5.74) is 0.311. The Balaban J connectivity index is 1.73. The number of benzene rings is 1. The Morgan fingerprint density at radius 2 is 2.12 bits per heavy atom. The van der Waals surface area contributed by atoms with Gasteiger partial charge in [0, 0.05) is 6.07 Å². The van der Waals surface area contributed by atoms with Gasteiger partial charge in [-0.25, -0.2) is 18.4 Å². The van der Waals surface area contributed by atoms with Crippen molar-refractivity contribution >= 4 is 38.9 Å². The topological polar surface area (TPSA) is 112 Å². The van der Waals surface area contributed by atoms with Crippen molar-refractivity contribution in [3.63, 3.8) is 0 Å². The molecule has 0 radical (unpaired) electrons. The van der Waals surface area contributed by atoms with Gasteiger partial charge in [0.05, 0.1) is 20.4 Å². The minimum atomic E-state index is -3.96. The lowest BCUT2D eigenvalue weighted by Crippen LogP contribution is -2.14. The van der Waals surface area contributed by atoms with Crippen LogP contribution < -0.4 is 5.14 Å². The largest absolute Gasteiger partial charge is 0.455 e. The van der Waals surface area contributed by atoms with Crippen LogP contribution in [0.3, 0.4) is 0 Å². The molecule has 0 saturated carbocycles. The standard InChI is InChI=1S/C15H11ClN2O5S2/c16-12-4-3-10(25(17,20)21)7-11(12)15(19)22-8-9-6-13(23-18-9)14-2-1-5-24-14/h1-7H,8H2,(H2,17,20,21). The molecule has 0 unspecified atom stereocenters. The summed E-state index contributed by atoms with van der Waals surface area (Å²) >= 11 is 7.41. The smallest absolute Gasteiger partial charge is 0.340 e. The summed E-state index contributed by atoms with van der Waals surface area (Å²) in [6.45, 7) is -0.149. The average molecular weight is 399 g/mol. The molecule has 0 fully saturated rings. The van der Waals surface area contributed by atoms with Gasteiger partial charge in [0.15, 0.2) is 5.76 Å². The first-order valence-electron chi connectivity index (χ1n) is 6.83. The van der Waals surface area contributed by atoms with Gasteiger partial charge in [0.1, 0.15) is 12.3 Å². The van der Waals surface area contributed by atoms with Gasteiger partial charge in [0.25, 0.3) is 0 Å². The van der Waals surface area contributed by atoms with Gasteiger partial charge in [-0.2, -0.15) is 0 Å². The first-order valence-corrected chi connectivity index (χ1v) is 9.64. The van der Waals surface area contributed by atoms with Crippen LogP contribution in [-0.4, -0.2) is 19.5 Å². The minimum absolute atomic E-state index is 0.0526. The molecule has 3 aromatic rings. The van der Waals surface area contributed by atoms with Gasteiger partial charge < -0.3 is 9.26 Å². The zero-order valence-electron chi connectivity index (χ0n) is 12.5. The van der Waals surface area contributed by atoms with Crippen LogP contribution in [0, 0.1) is 0 Å². The second-order valence-electron chi connectivity index (χ2n) is 4.92. The number of carbonyl (C=O) groups excluding carboxylic acids is 1. The van der Waals surface area contributed by atoms with E-state index in [1.807, 2.05) is 17.5 Å². The molecule has 0 spiro atoms. The zero-order chi connectivity index (χ0) is 18.0. The molecule has 2 aromatic heterocycles. The molecule has 0 atom stereocenters. The summed E-state index contributed by atoms with van der Waals surface area (Å²) in [7, 11) is -3.96. The van der Waals surface area contributed by atoms with Gasteiger partial charge in [-0.05, 0) is 29.6 Å². The highest BCUT2D eigenvalue weighted by atomic mass is 35.5. The van der Waals surface area contributed by atoms with Crippen molar-refractivity contribution in [1.29, 1.82) is 0 Å². The molecule has 2 N–H and O–H groups in total. The highest BCUT2D eigenvalue weighted by Crippen LogP contribution is 2.26. The summed E-state index contributed by atoms with van der Waals surface area (Å²) in [5, 5.41) is 10.8. The predicted octanol–water partition coefficient (Wildman–Crippen LogP) is 3.06. The molecule has 0 amide bonds. The molecular formula is C15H11ClN2O5S2. The van der Waals surface area contributed by atoms with Gasteiger partial charge in [-0.15, -0.1) is 11.3 Å². The number of hydrogen-bond acceptors (Lipinski definition) is 7. The van der Waals surface area contributed by atoms with E-state index in [1.54, 1.807) is 6.07 Å². The van der Waals surface area contributed by atoms with E-state index in [0.717, 1.165) is 10.9 Å². The Hall–Kier alpha value is -2.20. The van der Waals surface area contributed by atoms with Gasteiger partial charge in [0.2, 0.25) is 10.0 Å². The first-order chi connectivity index (χ1) is 11.8. The van der Waals surface area contributed by atoms with E-state index in [9.17, 15) is 13.2 Å². The number of nitrogens with zero attached hydrogens (tertiary/aromatic N) is 1. The summed E-state index contributed by atoms with van der Waals surface area (Å²) in [4.78, 5) is 12.8. The summed E-state index contributed by atoms with van der Waals surface area (Å²) in [5.74, 6) is -0.230. The Labute approximate surface area is 152 Å². The van der Waals surface area contributed by atoms with Crippen molar-refractivity contribution in [3.05, 3.63) is 58.1 Å². The number of halogens is 1. The van der Waals surface area contributed by atoms with E-state index in [-0.39, 0.29) is 22.1 Å². The number of aromatic nitrogens is 1. The van der Waals surface area contributed by atoms with E-state index in [4.69, 9.17) is 26.0 Å². The van der Waals surface area contributed by atoms with E-state index in [2.05, 4.69) is 5.16 Å². The second kappa shape index (κ2) is 6.96. The Morgan fingerprint density at radius 3 is 2.80 bits per heavy atom. The fourth-order valence-corrected chi connectivity index (χ4v) is 3.38. The quantitative estimate of drug-likeness (QED) is 0.661. The van der Waals surface area contributed by atoms with E-state index < -0.39 is 16.0 Å². The van der Waals surface area contributed by atoms with Crippen LogP contribution in [0.1, 0.15) is 16.1 Å². The lowest BCUT2D eigenvalue weighted by molar-refractivity contribution is 0.0464. The zero-order valence-corrected chi connectivity index (χ0v) is 14.9. The van der Waals surface area contributed by atoms with Crippen LogP contribution in [-0.2, 0) is 21.4 Å². The number of ether oxygens (including phenoxy) is 1. The molecule has 7 nitrogen and oxygen atoms in total. The highest BCUT2D eigenvalue weighted by molar-refractivity contribution is 7.89. The molecule has 0 saturated heterocycles. The Bertz CT molecular complexity index is 1010. The molecule has 25 heavy (non-hydrogen) atoms. The van der Waals surface area contributed by atoms with Crippen molar-refractivity contribution in [1.82, 2.24) is 5.16 Å². The van der Waals surface area contributed by atoms with Gasteiger partial charge in [-0.1, -0.05) is 22.8 Å². The van der Waals surface area contributed by atoms with Crippen LogP contribution in [0.15, 0.2) is 51.2 Å². The maximum Gasteiger partial charge on any atom is 0.340 e. The third kappa shape index (κ3) is 4.07. The van der Waals surface area contributed by atoms with Crippen molar-refractivity contribution in [3.8, 4) is 10.6 Å². The number of primary sulfonamides is 1. The van der Waals surface area contributed by atoms with Crippen molar-refractivity contribution in [2.45, 2.75) is 11.5 Å². The molecule has 2 heterocycles. The fraction of sp³-hybridized carbons (Fsp3) is 0.0667. The van der Waals surface area contributed by atoms with Gasteiger partial charge in [-0.3, -0.25) is 0 Å². The number of nitrogens with two attached hydrogens (primary N) is 1. The molecule has 3 rings (SSSR count). The molecular weight excluding hydrogens is 388 g/mol. The van der Waals surface area contributed by atoms with E-state index in [0.29, 0.717) is 11.5 Å². The second-order valence-corrected chi connectivity index (χ2v) is 7.84. The summed E-state index contributed by atoms with van der Waals surface area (Å²) in [6.07, 6.45) is 0. The van der Waals surface area contributed by atoms with E-state index in [1.165, 1.54) is 23.5 Å². The summed E-state index contributed by atoms with van der Waals surface area (Å²) in [6, 6.07) is 8.95. The fourth-order valence-electron chi connectivity index (χ4n) is 1.97. The van der Waals surface area contributed by atoms with Crippen LogP contribution in [0.4, 0.5) is 0 Å². The number of esters is 1. The maximum atomic E-state index is 12.2. The third-order valence-corrected chi connectivity index (χ3v) is 5.29. The molecule has 10 heteroatoms. The SMILES string of the molecule is NS(=O)(=O)c1ccc(Cl)c(C(=O)OCc2cc(-c3cccs3)on2)c1. The predicted molar refractivity (Wildman–Crippen MR) is 91.8 cm³/mol. The van der Waals surface area contributed by atoms with Crippen LogP contribution in [0.5, 0.6) is 0 Å². The van der Waals surface area contributed by atoms with Crippen LogP contribution in [0.25, 0.3) is 10.6 Å². The van der Waals surface area contributed by atoms with Crippen molar-refractivity contribution < 1.29 is 22.5 Å². The van der Waals surface area contributed by atoms with Crippen molar-refractivity contribution in [2.75, 3.05) is 0 Å². The summed E-state index contributed by atoms with van der Waals surface area (Å²) < 4.78 is 33.0. The molecule has 0 aliphatic heterocycles. The number of thiophene rings is 1. The third-order valence-electron chi connectivity index (χ3n) is 3.16. The van der Waals surface area contributed by atoms with Crippen molar-refractivity contribution in [2.24, 2.45) is 5.14 Å². The molecule has 0 aliphatic rings. The average Bonchev–Trinajstić information content (AvgIpc) is 3.23. The number of rotatable bonds is 5. The maximum absolute atomic E-state index is 12.2. The minimum Gasteiger partial charge on any atom is -0.455 e. The number of sulfonamides is 1. The van der Waals surface area contributed by atoms with Gasteiger partial charge >= 0.3 is 5.97 Å². The highest BCUT2D eigenvalue weighted by Gasteiger charge is 2.18. The molecule has 0 bridgehead atoms. The Morgan fingerprint density at radius 1 is 1.32 bits per heavy atom. The lowest BCUT2D eigenvalue weighted by atomic mass is 10.2. The number of carbonyl (C=O) groups is 1. The normalized spacial score (nSPS) is 11.4. The van der Waals surface area contributed by atoms with Crippen LogP contribution >= 0.6 is 22.9 Å². The monoisotopic (exact) mass is 398 g/mol. The lowest BCUT2D eigenvalue weighted by Gasteiger charge is -2.06. The van der Waals surface area contributed by atoms with E-state index >= 15 is 0 Å². The molecule has 130 valence electrons. The Kier molecular flexibility index (Phi) is 4.91. The molecule has 0 aliphatic carbocycles. The molecule has 1 aromatic carbocycles.